The van der Waals surface area contributed by atoms with Crippen molar-refractivity contribution in [1.82, 2.24) is 15.3 Å². The molecule has 24 heavy (non-hydrogen) atoms. The first-order valence-corrected chi connectivity index (χ1v) is 9.23. The molecule has 4 nitrogen and oxygen atoms in total. The van der Waals surface area contributed by atoms with Crippen molar-refractivity contribution in [3.8, 4) is 10.4 Å². The molecule has 1 N–H and O–H groups in total. The minimum atomic E-state index is -0.258. The summed E-state index contributed by atoms with van der Waals surface area (Å²) in [5.74, 6) is -0.267. The third-order valence-corrected chi connectivity index (χ3v) is 5.83. The van der Waals surface area contributed by atoms with Gasteiger partial charge in [0.1, 0.15) is 17.2 Å². The minimum absolute atomic E-state index is 0.00965. The fourth-order valence-corrected chi connectivity index (χ4v) is 4.33. The Bertz CT molecular complexity index is 864. The first-order chi connectivity index (χ1) is 11.6. The van der Waals surface area contributed by atoms with Crippen LogP contribution in [-0.4, -0.2) is 27.7 Å². The molecular weight excluding hydrogens is 345 g/mol. The zero-order valence-electron chi connectivity index (χ0n) is 13.2. The summed E-state index contributed by atoms with van der Waals surface area (Å²) in [6.07, 6.45) is 1.51. The number of thiophene rings is 1. The molecule has 0 spiro atoms. The van der Waals surface area contributed by atoms with Crippen LogP contribution < -0.4 is 5.32 Å². The maximum absolute atomic E-state index is 13.1. The zero-order valence-corrected chi connectivity index (χ0v) is 14.9. The monoisotopic (exact) mass is 361 g/mol. The Morgan fingerprint density at radius 3 is 2.79 bits per heavy atom. The number of fused-ring (bicyclic) bond motifs is 1. The summed E-state index contributed by atoms with van der Waals surface area (Å²) in [4.78, 5) is 21.6. The van der Waals surface area contributed by atoms with E-state index >= 15 is 0 Å². The highest BCUT2D eigenvalue weighted by atomic mass is 32.2. The van der Waals surface area contributed by atoms with Crippen LogP contribution >= 0.6 is 23.1 Å². The predicted octanol–water partition coefficient (Wildman–Crippen LogP) is 4.11. The number of hydrogen-bond acceptors (Lipinski definition) is 5. The largest absolute Gasteiger partial charge is 0.355 e. The molecule has 0 saturated carbocycles. The van der Waals surface area contributed by atoms with E-state index in [0.717, 1.165) is 25.7 Å². The molecule has 124 valence electrons. The summed E-state index contributed by atoms with van der Waals surface area (Å²) >= 11 is 2.97. The molecule has 1 atom stereocenters. The van der Waals surface area contributed by atoms with Crippen molar-refractivity contribution in [3.63, 3.8) is 0 Å². The Hall–Kier alpha value is -1.99. The van der Waals surface area contributed by atoms with Crippen molar-refractivity contribution in [2.75, 3.05) is 6.54 Å². The summed E-state index contributed by atoms with van der Waals surface area (Å²) < 4.78 is 14.0. The number of benzene rings is 1. The molecule has 0 fully saturated rings. The van der Waals surface area contributed by atoms with E-state index in [1.807, 2.05) is 19.9 Å². The Labute approximate surface area is 147 Å². The number of aromatic nitrogens is 2. The van der Waals surface area contributed by atoms with Gasteiger partial charge in [0.05, 0.1) is 15.5 Å². The number of rotatable bonds is 5. The van der Waals surface area contributed by atoms with Crippen LogP contribution in [0.1, 0.15) is 13.8 Å². The van der Waals surface area contributed by atoms with Gasteiger partial charge in [-0.05, 0) is 37.6 Å². The Morgan fingerprint density at radius 1 is 1.33 bits per heavy atom. The number of nitrogens with zero attached hydrogens (tertiary/aromatic N) is 2. The van der Waals surface area contributed by atoms with Crippen LogP contribution in [0.5, 0.6) is 0 Å². The van der Waals surface area contributed by atoms with Gasteiger partial charge < -0.3 is 5.32 Å². The van der Waals surface area contributed by atoms with Crippen LogP contribution in [0.25, 0.3) is 20.7 Å². The maximum Gasteiger partial charge on any atom is 0.233 e. The predicted molar refractivity (Wildman–Crippen MR) is 96.8 cm³/mol. The summed E-state index contributed by atoms with van der Waals surface area (Å²) in [5, 5.41) is 3.37. The van der Waals surface area contributed by atoms with Gasteiger partial charge in [-0.1, -0.05) is 23.9 Å². The molecule has 0 aliphatic carbocycles. The normalized spacial score (nSPS) is 12.3. The second-order valence-electron chi connectivity index (χ2n) is 5.17. The smallest absolute Gasteiger partial charge is 0.233 e. The third kappa shape index (κ3) is 3.57. The first-order valence-electron chi connectivity index (χ1n) is 7.53. The van der Waals surface area contributed by atoms with Crippen LogP contribution in [-0.2, 0) is 4.79 Å². The summed E-state index contributed by atoms with van der Waals surface area (Å²) in [6, 6.07) is 8.35. The van der Waals surface area contributed by atoms with Gasteiger partial charge in [0.25, 0.3) is 0 Å². The van der Waals surface area contributed by atoms with Gasteiger partial charge in [-0.15, -0.1) is 11.3 Å². The highest BCUT2D eigenvalue weighted by Gasteiger charge is 2.18. The highest BCUT2D eigenvalue weighted by Crippen LogP contribution is 2.37. The fourth-order valence-electron chi connectivity index (χ4n) is 2.21. The van der Waals surface area contributed by atoms with Crippen LogP contribution in [0.15, 0.2) is 41.7 Å². The quantitative estimate of drug-likeness (QED) is 0.549. The average Bonchev–Trinajstić information content (AvgIpc) is 3.01. The summed E-state index contributed by atoms with van der Waals surface area (Å²) in [7, 11) is 0. The zero-order chi connectivity index (χ0) is 17.1. The van der Waals surface area contributed by atoms with Gasteiger partial charge in [0.2, 0.25) is 5.91 Å². The van der Waals surface area contributed by atoms with Crippen molar-refractivity contribution >= 4 is 39.2 Å². The van der Waals surface area contributed by atoms with Crippen molar-refractivity contribution in [2.24, 2.45) is 0 Å². The molecule has 0 radical (unpaired) electrons. The topological polar surface area (TPSA) is 54.9 Å². The lowest BCUT2D eigenvalue weighted by atomic mass is 10.2. The van der Waals surface area contributed by atoms with Gasteiger partial charge in [0.15, 0.2) is 0 Å². The minimum Gasteiger partial charge on any atom is -0.355 e. The van der Waals surface area contributed by atoms with E-state index in [2.05, 4.69) is 15.3 Å². The number of amides is 1. The molecule has 0 bridgehead atoms. The van der Waals surface area contributed by atoms with E-state index in [0.29, 0.717) is 6.54 Å². The van der Waals surface area contributed by atoms with Gasteiger partial charge in [-0.3, -0.25) is 4.79 Å². The van der Waals surface area contributed by atoms with E-state index < -0.39 is 0 Å². The Morgan fingerprint density at radius 2 is 2.08 bits per heavy atom. The van der Waals surface area contributed by atoms with Crippen molar-refractivity contribution < 1.29 is 9.18 Å². The van der Waals surface area contributed by atoms with Crippen molar-refractivity contribution in [1.29, 1.82) is 0 Å². The van der Waals surface area contributed by atoms with E-state index in [1.54, 1.807) is 23.5 Å². The number of carbonyl (C=O) groups is 1. The average molecular weight is 361 g/mol. The van der Waals surface area contributed by atoms with Crippen LogP contribution in [0.3, 0.4) is 0 Å². The lowest BCUT2D eigenvalue weighted by Gasteiger charge is -2.10. The fraction of sp³-hybridized carbons (Fsp3) is 0.235. The van der Waals surface area contributed by atoms with Gasteiger partial charge in [-0.2, -0.15) is 0 Å². The second kappa shape index (κ2) is 7.27. The molecule has 0 aliphatic heterocycles. The maximum atomic E-state index is 13.1. The molecule has 0 saturated heterocycles. The molecule has 0 aliphatic rings. The lowest BCUT2D eigenvalue weighted by molar-refractivity contribution is -0.120. The van der Waals surface area contributed by atoms with Crippen molar-refractivity contribution in [3.05, 3.63) is 42.5 Å². The molecule has 2 heterocycles. The summed E-state index contributed by atoms with van der Waals surface area (Å²) in [5.41, 5.74) is 1.77. The molecule has 3 aromatic rings. The van der Waals surface area contributed by atoms with E-state index in [-0.39, 0.29) is 17.0 Å². The number of thioether (sulfide) groups is 1. The molecule has 7 heteroatoms. The van der Waals surface area contributed by atoms with Crippen LogP contribution in [0.4, 0.5) is 4.39 Å². The first kappa shape index (κ1) is 16.9. The molecular formula is C17H16FN3OS2. The Balaban J connectivity index is 1.92. The molecule has 3 rings (SSSR count). The number of hydrogen-bond donors (Lipinski definition) is 1. The molecule has 2 aromatic heterocycles. The van der Waals surface area contributed by atoms with Crippen LogP contribution in [0, 0.1) is 5.82 Å². The lowest BCUT2D eigenvalue weighted by Crippen LogP contribution is -2.30. The number of carbonyl (C=O) groups excluding carboxylic acids is 1. The third-order valence-electron chi connectivity index (χ3n) is 3.42. The van der Waals surface area contributed by atoms with E-state index in [9.17, 15) is 9.18 Å². The molecule has 1 amide bonds. The van der Waals surface area contributed by atoms with Gasteiger partial charge >= 0.3 is 0 Å². The SMILES string of the molecule is CCNC(=O)[C@@H](C)Sc1ncnc2cc(-c3ccc(F)cc3)sc12. The Kier molecular flexibility index (Phi) is 5.11. The van der Waals surface area contributed by atoms with E-state index in [1.165, 1.54) is 30.2 Å². The standard InChI is InChI=1S/C17H16FN3OS2/c1-3-19-16(22)10(2)23-17-15-13(20-9-21-17)8-14(24-15)11-4-6-12(18)7-5-11/h4-10H,3H2,1-2H3,(H,19,22)/t10-/m1/s1. The van der Waals surface area contributed by atoms with Gasteiger partial charge in [0, 0.05) is 11.4 Å². The second-order valence-corrected chi connectivity index (χ2v) is 7.55. The van der Waals surface area contributed by atoms with Crippen LogP contribution in [0.2, 0.25) is 0 Å². The molecule has 0 unspecified atom stereocenters. The van der Waals surface area contributed by atoms with Gasteiger partial charge in [-0.25, -0.2) is 14.4 Å². The van der Waals surface area contributed by atoms with Crippen molar-refractivity contribution in [2.45, 2.75) is 24.1 Å². The highest BCUT2D eigenvalue weighted by molar-refractivity contribution is 8.00. The number of halogens is 1. The van der Waals surface area contributed by atoms with E-state index in [4.69, 9.17) is 0 Å². The molecule has 1 aromatic carbocycles. The number of nitrogens with one attached hydrogen (secondary N) is 1. The summed E-state index contributed by atoms with van der Waals surface area (Å²) in [6.45, 7) is 4.36.